The quantitative estimate of drug-likeness (QED) is 0.353. The monoisotopic (exact) mass is 445 g/mol. The summed E-state index contributed by atoms with van der Waals surface area (Å²) in [5.74, 6) is -2.03. The molecule has 33 heavy (non-hydrogen) atoms. The number of phenols is 1. The highest BCUT2D eigenvalue weighted by molar-refractivity contribution is 6.51. The van der Waals surface area contributed by atoms with E-state index in [1.54, 1.807) is 30.3 Å². The number of fused-ring (bicyclic) bond motifs is 1. The Morgan fingerprint density at radius 2 is 1.85 bits per heavy atom. The summed E-state index contributed by atoms with van der Waals surface area (Å²) in [7, 11) is 0. The van der Waals surface area contributed by atoms with E-state index < -0.39 is 23.5 Å². The molecule has 1 amide bonds. The zero-order valence-electron chi connectivity index (χ0n) is 17.5. The lowest BCUT2D eigenvalue weighted by Gasteiger charge is -2.25. The number of anilines is 1. The fourth-order valence-electron chi connectivity index (χ4n) is 4.40. The highest BCUT2D eigenvalue weighted by atomic mass is 19.1. The third-order valence-corrected chi connectivity index (χ3v) is 5.90. The van der Waals surface area contributed by atoms with Crippen molar-refractivity contribution in [2.24, 2.45) is 0 Å². The molecule has 2 heterocycles. The zero-order valence-corrected chi connectivity index (χ0v) is 17.5. The van der Waals surface area contributed by atoms with Crippen molar-refractivity contribution in [2.75, 3.05) is 11.5 Å². The lowest BCUT2D eigenvalue weighted by molar-refractivity contribution is -0.132. The van der Waals surface area contributed by atoms with Crippen LogP contribution in [0.15, 0.2) is 72.3 Å². The fourth-order valence-corrected chi connectivity index (χ4v) is 4.40. The zero-order chi connectivity index (χ0) is 23.1. The molecule has 2 N–H and O–H groups in total. The summed E-state index contributed by atoms with van der Waals surface area (Å²) in [6.07, 6.45) is 1.61. The maximum atomic E-state index is 14.0. The standard InChI is InChI=1S/C26H20FNO5/c27-18-6-2-7-19(14-18)28-23(16-4-1-8-20(29)13-16)22(25(31)26(28)32)24(30)17-9-10-21-15(12-17)5-3-11-33-21/h1-2,4,6-10,12-14,23,29-30H,3,5,11H2/b24-22-. The first kappa shape index (κ1) is 20.8. The van der Waals surface area contributed by atoms with E-state index in [2.05, 4.69) is 0 Å². The van der Waals surface area contributed by atoms with E-state index >= 15 is 0 Å². The maximum absolute atomic E-state index is 14.0. The molecule has 0 radical (unpaired) electrons. The minimum Gasteiger partial charge on any atom is -0.508 e. The maximum Gasteiger partial charge on any atom is 0.300 e. The van der Waals surface area contributed by atoms with Crippen LogP contribution in [0.5, 0.6) is 11.5 Å². The number of nitrogens with zero attached hydrogens (tertiary/aromatic N) is 1. The predicted octanol–water partition coefficient (Wildman–Crippen LogP) is 4.48. The Labute approximate surface area is 189 Å². The number of carbonyl (C=O) groups excluding carboxylic acids is 2. The van der Waals surface area contributed by atoms with Crippen molar-refractivity contribution in [3.05, 3.63) is 94.8 Å². The Hall–Kier alpha value is -4.13. The SMILES string of the molecule is O=C1C(=O)N(c2cccc(F)c2)C(c2cccc(O)c2)/C1=C(/O)c1ccc2c(c1)CCCO2. The molecule has 0 saturated carbocycles. The lowest BCUT2D eigenvalue weighted by atomic mass is 9.93. The molecule has 3 aromatic rings. The lowest BCUT2D eigenvalue weighted by Crippen LogP contribution is -2.29. The van der Waals surface area contributed by atoms with Crippen molar-refractivity contribution in [2.45, 2.75) is 18.9 Å². The molecule has 7 heteroatoms. The van der Waals surface area contributed by atoms with Gasteiger partial charge in [-0.05, 0) is 72.5 Å². The molecule has 0 aliphatic carbocycles. The van der Waals surface area contributed by atoms with Gasteiger partial charge in [0, 0.05) is 11.3 Å². The summed E-state index contributed by atoms with van der Waals surface area (Å²) in [6, 6.07) is 15.5. The number of benzene rings is 3. The van der Waals surface area contributed by atoms with E-state index in [9.17, 15) is 24.2 Å². The van der Waals surface area contributed by atoms with Crippen LogP contribution >= 0.6 is 0 Å². The first-order valence-electron chi connectivity index (χ1n) is 10.6. The molecule has 1 unspecified atom stereocenters. The van der Waals surface area contributed by atoms with E-state index in [-0.39, 0.29) is 22.8 Å². The number of aliphatic hydroxyl groups is 1. The van der Waals surface area contributed by atoms with E-state index in [1.807, 2.05) is 0 Å². The van der Waals surface area contributed by atoms with Crippen LogP contribution in [0, 0.1) is 5.82 Å². The number of aromatic hydroxyl groups is 1. The molecular weight excluding hydrogens is 425 g/mol. The fraction of sp³-hybridized carbons (Fsp3) is 0.154. The van der Waals surface area contributed by atoms with Crippen molar-refractivity contribution in [3.63, 3.8) is 0 Å². The molecule has 1 atom stereocenters. The Morgan fingerprint density at radius 1 is 1.03 bits per heavy atom. The van der Waals surface area contributed by atoms with Gasteiger partial charge in [-0.25, -0.2) is 4.39 Å². The molecule has 5 rings (SSSR count). The van der Waals surface area contributed by atoms with Gasteiger partial charge < -0.3 is 14.9 Å². The summed E-state index contributed by atoms with van der Waals surface area (Å²) in [5, 5.41) is 21.3. The van der Waals surface area contributed by atoms with Crippen LogP contribution in [-0.2, 0) is 16.0 Å². The number of hydrogen-bond acceptors (Lipinski definition) is 5. The van der Waals surface area contributed by atoms with Crippen molar-refractivity contribution >= 4 is 23.1 Å². The molecule has 0 spiro atoms. The number of halogens is 1. The number of hydrogen-bond donors (Lipinski definition) is 2. The van der Waals surface area contributed by atoms with E-state index in [0.29, 0.717) is 17.7 Å². The van der Waals surface area contributed by atoms with Crippen molar-refractivity contribution < 1.29 is 28.9 Å². The highest BCUT2D eigenvalue weighted by Gasteiger charge is 2.47. The Morgan fingerprint density at radius 3 is 2.64 bits per heavy atom. The minimum absolute atomic E-state index is 0.0664. The van der Waals surface area contributed by atoms with Crippen LogP contribution in [0.1, 0.15) is 29.2 Å². The number of aliphatic hydroxyl groups excluding tert-OH is 1. The van der Waals surface area contributed by atoms with E-state index in [4.69, 9.17) is 4.74 Å². The van der Waals surface area contributed by atoms with E-state index in [1.165, 1.54) is 30.3 Å². The molecule has 6 nitrogen and oxygen atoms in total. The van der Waals surface area contributed by atoms with Crippen LogP contribution in [0.25, 0.3) is 5.76 Å². The molecule has 2 aliphatic heterocycles. The highest BCUT2D eigenvalue weighted by Crippen LogP contribution is 2.43. The third-order valence-electron chi connectivity index (χ3n) is 5.90. The van der Waals surface area contributed by atoms with Crippen molar-refractivity contribution in [3.8, 4) is 11.5 Å². The Bertz CT molecular complexity index is 1320. The normalized spacial score (nSPS) is 19.3. The van der Waals surface area contributed by atoms with Crippen LogP contribution in [0.3, 0.4) is 0 Å². The molecule has 1 saturated heterocycles. The first-order chi connectivity index (χ1) is 15.9. The number of phenolic OH excluding ortho intramolecular Hbond substituents is 1. The number of ketones is 1. The summed E-state index contributed by atoms with van der Waals surface area (Å²) >= 11 is 0. The Kier molecular flexibility index (Phi) is 5.09. The van der Waals surface area contributed by atoms with Crippen molar-refractivity contribution in [1.82, 2.24) is 0 Å². The largest absolute Gasteiger partial charge is 0.508 e. The predicted molar refractivity (Wildman–Crippen MR) is 120 cm³/mol. The van der Waals surface area contributed by atoms with Gasteiger partial charge in [-0.3, -0.25) is 14.5 Å². The summed E-state index contributed by atoms with van der Waals surface area (Å²) in [6.45, 7) is 0.620. The van der Waals surface area contributed by atoms with Gasteiger partial charge in [-0.2, -0.15) is 0 Å². The van der Waals surface area contributed by atoms with Gasteiger partial charge in [0.1, 0.15) is 23.1 Å². The molecule has 0 aromatic heterocycles. The van der Waals surface area contributed by atoms with E-state index in [0.717, 1.165) is 35.1 Å². The topological polar surface area (TPSA) is 87.1 Å². The van der Waals surface area contributed by atoms with Gasteiger partial charge in [-0.15, -0.1) is 0 Å². The third kappa shape index (κ3) is 3.61. The molecule has 0 bridgehead atoms. The van der Waals surface area contributed by atoms with Crippen LogP contribution < -0.4 is 9.64 Å². The number of aryl methyl sites for hydroxylation is 1. The van der Waals surface area contributed by atoms with Gasteiger partial charge in [0.05, 0.1) is 18.2 Å². The number of carbonyl (C=O) groups is 2. The second kappa shape index (κ2) is 8.09. The van der Waals surface area contributed by atoms with Gasteiger partial charge in [0.2, 0.25) is 0 Å². The molecule has 3 aromatic carbocycles. The summed E-state index contributed by atoms with van der Waals surface area (Å²) in [5.41, 5.74) is 1.72. The second-order valence-corrected chi connectivity index (χ2v) is 8.02. The Balaban J connectivity index is 1.71. The summed E-state index contributed by atoms with van der Waals surface area (Å²) in [4.78, 5) is 27.4. The average Bonchev–Trinajstić information content (AvgIpc) is 3.09. The first-order valence-corrected chi connectivity index (χ1v) is 10.6. The van der Waals surface area contributed by atoms with Crippen LogP contribution in [-0.4, -0.2) is 28.5 Å². The molecule has 166 valence electrons. The van der Waals surface area contributed by atoms with Gasteiger partial charge in [0.25, 0.3) is 11.7 Å². The van der Waals surface area contributed by atoms with Gasteiger partial charge in [0.15, 0.2) is 0 Å². The number of Topliss-reactive ketones (excluding diaryl/α,β-unsaturated/α-hetero) is 1. The minimum atomic E-state index is -1.05. The van der Waals surface area contributed by atoms with Crippen LogP contribution in [0.2, 0.25) is 0 Å². The average molecular weight is 445 g/mol. The molecule has 2 aliphatic rings. The van der Waals surface area contributed by atoms with Gasteiger partial charge >= 0.3 is 0 Å². The number of rotatable bonds is 3. The number of amides is 1. The second-order valence-electron chi connectivity index (χ2n) is 8.02. The van der Waals surface area contributed by atoms with Crippen LogP contribution in [0.4, 0.5) is 10.1 Å². The summed E-state index contributed by atoms with van der Waals surface area (Å²) < 4.78 is 19.6. The molecular formula is C26H20FNO5. The van der Waals surface area contributed by atoms with Gasteiger partial charge in [-0.1, -0.05) is 18.2 Å². The van der Waals surface area contributed by atoms with Crippen molar-refractivity contribution in [1.29, 1.82) is 0 Å². The smallest absolute Gasteiger partial charge is 0.300 e. The number of ether oxygens (including phenoxy) is 1. The molecule has 1 fully saturated rings.